The van der Waals surface area contributed by atoms with E-state index in [1.54, 1.807) is 7.11 Å². The molecular formula is C24H28N4O2. The molecule has 1 aromatic heterocycles. The molecule has 4 rings (SSSR count). The highest BCUT2D eigenvalue weighted by molar-refractivity contribution is 5.93. The highest BCUT2D eigenvalue weighted by Crippen LogP contribution is 2.38. The molecule has 0 saturated heterocycles. The third kappa shape index (κ3) is 4.32. The smallest absolute Gasteiger partial charge is 0.319 e. The fourth-order valence-corrected chi connectivity index (χ4v) is 4.06. The number of carbonyl (C=O) groups is 1. The molecule has 0 radical (unpaired) electrons. The van der Waals surface area contributed by atoms with Crippen LogP contribution in [0.4, 0.5) is 16.3 Å². The van der Waals surface area contributed by atoms with Gasteiger partial charge in [0, 0.05) is 22.7 Å². The molecule has 1 unspecified atom stereocenters. The average Bonchev–Trinajstić information content (AvgIpc) is 2.73. The molecule has 3 aromatic rings. The van der Waals surface area contributed by atoms with Crippen molar-refractivity contribution in [3.8, 4) is 5.75 Å². The zero-order chi connectivity index (χ0) is 21.1. The maximum Gasteiger partial charge on any atom is 0.319 e. The van der Waals surface area contributed by atoms with E-state index in [1.807, 2.05) is 50.2 Å². The van der Waals surface area contributed by atoms with Gasteiger partial charge in [-0.1, -0.05) is 12.1 Å². The Hall–Kier alpha value is -3.28. The summed E-state index contributed by atoms with van der Waals surface area (Å²) in [6.07, 6.45) is 3.26. The van der Waals surface area contributed by atoms with Crippen LogP contribution < -0.4 is 20.7 Å². The van der Waals surface area contributed by atoms with Crippen molar-refractivity contribution >= 4 is 28.4 Å². The van der Waals surface area contributed by atoms with Crippen molar-refractivity contribution in [1.29, 1.82) is 0 Å². The Morgan fingerprint density at radius 3 is 2.83 bits per heavy atom. The van der Waals surface area contributed by atoms with Crippen LogP contribution in [0.15, 0.2) is 48.5 Å². The molecule has 0 fully saturated rings. The zero-order valence-electron chi connectivity index (χ0n) is 17.7. The Bertz CT molecular complexity index is 1050. The summed E-state index contributed by atoms with van der Waals surface area (Å²) in [5.41, 5.74) is 4.21. The van der Waals surface area contributed by atoms with E-state index in [0.29, 0.717) is 0 Å². The van der Waals surface area contributed by atoms with Crippen molar-refractivity contribution < 1.29 is 9.53 Å². The third-order valence-corrected chi connectivity index (χ3v) is 5.35. The summed E-state index contributed by atoms with van der Waals surface area (Å²) >= 11 is 0. The highest BCUT2D eigenvalue weighted by Gasteiger charge is 2.24. The summed E-state index contributed by atoms with van der Waals surface area (Å²) in [6, 6.07) is 16.1. The molecule has 3 N–H and O–H groups in total. The first kappa shape index (κ1) is 20.0. The quantitative estimate of drug-likeness (QED) is 0.542. The fourth-order valence-electron chi connectivity index (χ4n) is 4.06. The fraction of sp³-hybridized carbons (Fsp3) is 0.333. The number of hydrogen-bond donors (Lipinski definition) is 3. The zero-order valence-corrected chi connectivity index (χ0v) is 17.7. The summed E-state index contributed by atoms with van der Waals surface area (Å²) in [6.45, 7) is 3.86. The molecule has 30 heavy (non-hydrogen) atoms. The largest absolute Gasteiger partial charge is 0.496 e. The minimum atomic E-state index is -0.208. The van der Waals surface area contributed by atoms with E-state index >= 15 is 0 Å². The van der Waals surface area contributed by atoms with Gasteiger partial charge in [0.1, 0.15) is 11.6 Å². The van der Waals surface area contributed by atoms with Crippen molar-refractivity contribution in [2.24, 2.45) is 0 Å². The number of amides is 2. The summed E-state index contributed by atoms with van der Waals surface area (Å²) in [7, 11) is 1.72. The lowest BCUT2D eigenvalue weighted by atomic mass is 9.87. The van der Waals surface area contributed by atoms with Crippen LogP contribution in [0, 0.1) is 0 Å². The van der Waals surface area contributed by atoms with Gasteiger partial charge in [0.2, 0.25) is 0 Å². The first-order valence-corrected chi connectivity index (χ1v) is 10.4. The number of aryl methyl sites for hydroxylation is 1. The van der Waals surface area contributed by atoms with Crippen molar-refractivity contribution in [1.82, 2.24) is 10.3 Å². The van der Waals surface area contributed by atoms with Gasteiger partial charge in [0.05, 0.1) is 18.7 Å². The lowest BCUT2D eigenvalue weighted by molar-refractivity contribution is 0.250. The van der Waals surface area contributed by atoms with E-state index in [2.05, 4.69) is 28.1 Å². The number of carbonyl (C=O) groups excluding carboxylic acids is 1. The first-order chi connectivity index (χ1) is 14.5. The SMILES string of the molecule is COc1cccc2c1C(Nc1ccc3cc(NC(=O)NC(C)C)ccc3n1)CCC2. The average molecular weight is 405 g/mol. The first-order valence-electron chi connectivity index (χ1n) is 10.4. The summed E-state index contributed by atoms with van der Waals surface area (Å²) in [4.78, 5) is 16.7. The summed E-state index contributed by atoms with van der Waals surface area (Å²) < 4.78 is 5.62. The van der Waals surface area contributed by atoms with Gasteiger partial charge in [-0.3, -0.25) is 0 Å². The van der Waals surface area contributed by atoms with Crippen LogP contribution in [0.5, 0.6) is 5.75 Å². The number of fused-ring (bicyclic) bond motifs is 2. The van der Waals surface area contributed by atoms with Gasteiger partial charge in [0.25, 0.3) is 0 Å². The van der Waals surface area contributed by atoms with Crippen LogP contribution in [0.1, 0.15) is 43.9 Å². The van der Waals surface area contributed by atoms with Crippen molar-refractivity contribution in [3.63, 3.8) is 0 Å². The van der Waals surface area contributed by atoms with E-state index < -0.39 is 0 Å². The molecule has 0 saturated carbocycles. The van der Waals surface area contributed by atoms with E-state index in [4.69, 9.17) is 9.72 Å². The van der Waals surface area contributed by atoms with Gasteiger partial charge in [-0.25, -0.2) is 9.78 Å². The lowest BCUT2D eigenvalue weighted by Gasteiger charge is -2.28. The Morgan fingerprint density at radius 1 is 1.17 bits per heavy atom. The molecule has 2 amide bonds. The molecule has 6 nitrogen and oxygen atoms in total. The predicted octanol–water partition coefficient (Wildman–Crippen LogP) is 5.26. The Labute approximate surface area is 177 Å². The number of nitrogens with zero attached hydrogens (tertiary/aromatic N) is 1. The third-order valence-electron chi connectivity index (χ3n) is 5.35. The van der Waals surface area contributed by atoms with Gasteiger partial charge >= 0.3 is 6.03 Å². The summed E-state index contributed by atoms with van der Waals surface area (Å²) in [5.74, 6) is 1.77. The molecule has 2 aromatic carbocycles. The van der Waals surface area contributed by atoms with Gasteiger partial charge in [-0.05, 0) is 75.1 Å². The van der Waals surface area contributed by atoms with Gasteiger partial charge in [0.15, 0.2) is 0 Å². The van der Waals surface area contributed by atoms with Gasteiger partial charge in [-0.2, -0.15) is 0 Å². The molecule has 0 bridgehead atoms. The van der Waals surface area contributed by atoms with Crippen molar-refractivity contribution in [2.75, 3.05) is 17.7 Å². The van der Waals surface area contributed by atoms with E-state index in [-0.39, 0.29) is 18.1 Å². The van der Waals surface area contributed by atoms with Crippen LogP contribution in [-0.4, -0.2) is 24.2 Å². The maximum absolute atomic E-state index is 11.9. The topological polar surface area (TPSA) is 75.3 Å². The second-order valence-electron chi connectivity index (χ2n) is 7.98. The Balaban J connectivity index is 1.54. The van der Waals surface area contributed by atoms with E-state index in [9.17, 15) is 4.79 Å². The molecule has 0 spiro atoms. The van der Waals surface area contributed by atoms with Crippen LogP contribution >= 0.6 is 0 Å². The number of anilines is 2. The molecule has 0 aliphatic heterocycles. The molecule has 1 atom stereocenters. The van der Waals surface area contributed by atoms with Crippen LogP contribution in [0.2, 0.25) is 0 Å². The normalized spacial score (nSPS) is 15.5. The Kier molecular flexibility index (Phi) is 5.74. The van der Waals surface area contributed by atoms with Crippen LogP contribution in [-0.2, 0) is 6.42 Å². The monoisotopic (exact) mass is 404 g/mol. The van der Waals surface area contributed by atoms with Crippen LogP contribution in [0.25, 0.3) is 10.9 Å². The van der Waals surface area contributed by atoms with Crippen LogP contribution in [0.3, 0.4) is 0 Å². The number of urea groups is 1. The van der Waals surface area contributed by atoms with Crippen molar-refractivity contribution in [3.05, 3.63) is 59.7 Å². The molecule has 6 heteroatoms. The van der Waals surface area contributed by atoms with Gasteiger partial charge < -0.3 is 20.7 Å². The van der Waals surface area contributed by atoms with E-state index in [1.165, 1.54) is 11.1 Å². The Morgan fingerprint density at radius 2 is 2.03 bits per heavy atom. The second kappa shape index (κ2) is 8.61. The van der Waals surface area contributed by atoms with Crippen molar-refractivity contribution in [2.45, 2.75) is 45.2 Å². The number of nitrogens with one attached hydrogen (secondary N) is 3. The standard InChI is InChI=1S/C24H28N4O2/c1-15(2)25-24(29)26-18-11-12-19-17(14-18)10-13-22(27-19)28-20-8-4-6-16-7-5-9-21(30-3)23(16)20/h5,7,9-15,20H,4,6,8H2,1-3H3,(H,27,28)(H2,25,26,29). The predicted molar refractivity (Wildman–Crippen MR) is 121 cm³/mol. The minimum Gasteiger partial charge on any atom is -0.496 e. The summed E-state index contributed by atoms with van der Waals surface area (Å²) in [5, 5.41) is 10.3. The molecule has 1 heterocycles. The molecule has 1 aliphatic rings. The number of ether oxygens (including phenoxy) is 1. The number of aromatic nitrogens is 1. The number of benzene rings is 2. The number of pyridine rings is 1. The molecule has 1 aliphatic carbocycles. The number of rotatable bonds is 5. The van der Waals surface area contributed by atoms with Gasteiger partial charge in [-0.15, -0.1) is 0 Å². The lowest BCUT2D eigenvalue weighted by Crippen LogP contribution is -2.34. The minimum absolute atomic E-state index is 0.0873. The number of hydrogen-bond acceptors (Lipinski definition) is 4. The maximum atomic E-state index is 11.9. The molecule has 156 valence electrons. The second-order valence-corrected chi connectivity index (χ2v) is 7.98. The van der Waals surface area contributed by atoms with E-state index in [0.717, 1.165) is 47.4 Å². The number of methoxy groups -OCH3 is 1. The highest BCUT2D eigenvalue weighted by atomic mass is 16.5. The molecular weight excluding hydrogens is 376 g/mol.